The molecule has 1 heterocycles. The molecule has 4 heteroatoms. The van der Waals surface area contributed by atoms with Crippen LogP contribution in [0.2, 0.25) is 0 Å². The third-order valence-electron chi connectivity index (χ3n) is 7.53. The lowest BCUT2D eigenvalue weighted by Crippen LogP contribution is -2.63. The number of rotatable bonds is 2. The number of nitrogens with zero attached hydrogens (tertiary/aromatic N) is 1. The predicted molar refractivity (Wildman–Crippen MR) is 76.3 cm³/mol. The van der Waals surface area contributed by atoms with Gasteiger partial charge in [-0.05, 0) is 76.5 Å². The SMILES string of the molecule is CC1(C)CC(NC(=O)[C@@]23[C@H]4[C@H]5C[C@@H]2[C@@H]3[C@H]54)CC(C)(C)N1[O]. The molecule has 1 aliphatic heterocycles. The Balaban J connectivity index is 1.32. The van der Waals surface area contributed by atoms with E-state index in [2.05, 4.69) is 5.32 Å². The van der Waals surface area contributed by atoms with Gasteiger partial charge in [-0.3, -0.25) is 4.79 Å². The van der Waals surface area contributed by atoms with Crippen LogP contribution in [0.25, 0.3) is 0 Å². The van der Waals surface area contributed by atoms with Crippen LogP contribution in [-0.2, 0) is 10.0 Å². The van der Waals surface area contributed by atoms with Gasteiger partial charge >= 0.3 is 0 Å². The molecule has 1 N–H and O–H groups in total. The molecule has 2 bridgehead atoms. The van der Waals surface area contributed by atoms with Gasteiger partial charge in [-0.15, -0.1) is 10.3 Å². The zero-order chi connectivity index (χ0) is 14.9. The van der Waals surface area contributed by atoms with Crippen LogP contribution in [0.5, 0.6) is 0 Å². The zero-order valence-electron chi connectivity index (χ0n) is 13.3. The molecular formula is C17H25N2O2. The van der Waals surface area contributed by atoms with Crippen molar-refractivity contribution >= 4 is 5.91 Å². The molecular weight excluding hydrogens is 264 g/mol. The van der Waals surface area contributed by atoms with E-state index in [1.165, 1.54) is 11.5 Å². The van der Waals surface area contributed by atoms with Gasteiger partial charge in [0.25, 0.3) is 0 Å². The van der Waals surface area contributed by atoms with Gasteiger partial charge in [-0.1, -0.05) is 0 Å². The second-order valence-corrected chi connectivity index (χ2v) is 9.57. The van der Waals surface area contributed by atoms with E-state index in [1.54, 1.807) is 0 Å². The Bertz CT molecular complexity index is 518. The maximum Gasteiger partial charge on any atom is 0.227 e. The Labute approximate surface area is 126 Å². The fourth-order valence-electron chi connectivity index (χ4n) is 7.10. The molecule has 1 radical (unpaired) electrons. The Morgan fingerprint density at radius 1 is 1.10 bits per heavy atom. The standard InChI is InChI=1S/C17H25N2O2/c1-15(2)6-8(7-16(3,4)19(15)21)18-14(20)17-10-5-9-11(12(9)17)13(10)17/h8-13H,5-7H2,1-4H3,(H,18,20)/t9-,10+,11+,12-,13+,17+/m0/s1. The summed E-state index contributed by atoms with van der Waals surface area (Å²) in [4.78, 5) is 12.8. The number of hydrogen-bond donors (Lipinski definition) is 1. The summed E-state index contributed by atoms with van der Waals surface area (Å²) in [6.07, 6.45) is 2.84. The van der Waals surface area contributed by atoms with Crippen molar-refractivity contribution in [2.75, 3.05) is 0 Å². The molecule has 0 aromatic carbocycles. The second kappa shape index (κ2) is 3.18. The maximum atomic E-state index is 12.8. The van der Waals surface area contributed by atoms with Gasteiger partial charge in [-0.2, -0.15) is 0 Å². The fourth-order valence-corrected chi connectivity index (χ4v) is 7.10. The predicted octanol–water partition coefficient (Wildman–Crippen LogP) is 1.98. The van der Waals surface area contributed by atoms with Crippen molar-refractivity contribution in [2.45, 2.75) is 64.1 Å². The molecule has 5 saturated carbocycles. The minimum absolute atomic E-state index is 0.0677. The monoisotopic (exact) mass is 289 g/mol. The third-order valence-corrected chi connectivity index (χ3v) is 7.53. The van der Waals surface area contributed by atoms with Crippen LogP contribution >= 0.6 is 0 Å². The lowest BCUT2D eigenvalue weighted by atomic mass is 9.78. The Morgan fingerprint density at radius 3 is 2.14 bits per heavy atom. The summed E-state index contributed by atoms with van der Waals surface area (Å²) < 4.78 is 0. The minimum atomic E-state index is -0.399. The van der Waals surface area contributed by atoms with Crippen molar-refractivity contribution < 1.29 is 10.0 Å². The first-order valence-corrected chi connectivity index (χ1v) is 8.50. The summed E-state index contributed by atoms with van der Waals surface area (Å²) in [5.41, 5.74) is -0.730. The van der Waals surface area contributed by atoms with Crippen molar-refractivity contribution in [3.05, 3.63) is 0 Å². The number of piperidine rings is 1. The van der Waals surface area contributed by atoms with Crippen LogP contribution in [0.15, 0.2) is 0 Å². The Kier molecular flexibility index (Phi) is 1.95. The number of carbonyl (C=O) groups excluding carboxylic acids is 1. The van der Waals surface area contributed by atoms with Crippen molar-refractivity contribution in [1.29, 1.82) is 0 Å². The van der Waals surface area contributed by atoms with E-state index in [4.69, 9.17) is 0 Å². The lowest BCUT2D eigenvalue weighted by molar-refractivity contribution is -0.290. The third kappa shape index (κ3) is 1.22. The first kappa shape index (κ1) is 12.9. The summed E-state index contributed by atoms with van der Waals surface area (Å²) in [6, 6.07) is 0.151. The number of nitrogens with one attached hydrogen (secondary N) is 1. The Hall–Kier alpha value is -0.610. The molecule has 0 unspecified atom stereocenters. The quantitative estimate of drug-likeness (QED) is 0.845. The summed E-state index contributed by atoms with van der Waals surface area (Å²) in [5, 5.41) is 17.0. The smallest absolute Gasteiger partial charge is 0.227 e. The summed E-state index contributed by atoms with van der Waals surface area (Å²) in [7, 11) is 0. The van der Waals surface area contributed by atoms with E-state index in [9.17, 15) is 10.0 Å². The molecule has 6 atom stereocenters. The van der Waals surface area contributed by atoms with Crippen LogP contribution < -0.4 is 5.32 Å². The zero-order valence-corrected chi connectivity index (χ0v) is 13.3. The molecule has 21 heavy (non-hydrogen) atoms. The van der Waals surface area contributed by atoms with Gasteiger partial charge in [0.15, 0.2) is 0 Å². The van der Waals surface area contributed by atoms with E-state index in [1.807, 2.05) is 27.7 Å². The highest BCUT2D eigenvalue weighted by Gasteiger charge is 2.99. The first-order chi connectivity index (χ1) is 9.71. The normalized spacial score (nSPS) is 54.6. The van der Waals surface area contributed by atoms with Gasteiger partial charge in [0.05, 0.1) is 5.41 Å². The van der Waals surface area contributed by atoms with Gasteiger partial charge in [0, 0.05) is 17.1 Å². The second-order valence-electron chi connectivity index (χ2n) is 9.57. The highest BCUT2D eigenvalue weighted by molar-refractivity contribution is 5.92. The molecule has 6 fully saturated rings. The highest BCUT2D eigenvalue weighted by atomic mass is 16.5. The largest absolute Gasteiger partial charge is 0.353 e. The van der Waals surface area contributed by atoms with Gasteiger partial charge < -0.3 is 5.32 Å². The van der Waals surface area contributed by atoms with E-state index in [0.29, 0.717) is 5.91 Å². The van der Waals surface area contributed by atoms with E-state index in [0.717, 1.165) is 42.4 Å². The first-order valence-electron chi connectivity index (χ1n) is 8.50. The summed E-state index contributed by atoms with van der Waals surface area (Å²) >= 11 is 0. The van der Waals surface area contributed by atoms with Gasteiger partial charge in [-0.25, -0.2) is 0 Å². The van der Waals surface area contributed by atoms with Gasteiger partial charge in [0.1, 0.15) is 0 Å². The molecule has 1 amide bonds. The van der Waals surface area contributed by atoms with E-state index < -0.39 is 11.1 Å². The summed E-state index contributed by atoms with van der Waals surface area (Å²) in [6.45, 7) is 7.98. The molecule has 5 aliphatic carbocycles. The topological polar surface area (TPSA) is 52.2 Å². The van der Waals surface area contributed by atoms with Crippen molar-refractivity contribution in [1.82, 2.24) is 10.4 Å². The molecule has 0 spiro atoms. The molecule has 4 nitrogen and oxygen atoms in total. The minimum Gasteiger partial charge on any atom is -0.353 e. The number of hydrogen-bond acceptors (Lipinski definition) is 2. The van der Waals surface area contributed by atoms with Crippen LogP contribution in [0.3, 0.4) is 0 Å². The van der Waals surface area contributed by atoms with Crippen molar-refractivity contribution in [2.24, 2.45) is 35.0 Å². The average molecular weight is 289 g/mol. The van der Waals surface area contributed by atoms with Crippen LogP contribution in [0, 0.1) is 35.0 Å². The van der Waals surface area contributed by atoms with Crippen LogP contribution in [-0.4, -0.2) is 28.1 Å². The molecule has 0 aromatic rings. The maximum absolute atomic E-state index is 12.8. The molecule has 6 aliphatic rings. The molecule has 1 saturated heterocycles. The lowest BCUT2D eigenvalue weighted by Gasteiger charge is -2.50. The van der Waals surface area contributed by atoms with Crippen LogP contribution in [0.1, 0.15) is 47.0 Å². The average Bonchev–Trinajstić information content (AvgIpc) is 2.99. The molecule has 115 valence electrons. The number of hydroxylamine groups is 2. The number of amides is 1. The summed E-state index contributed by atoms with van der Waals surface area (Å²) in [5.74, 6) is 4.37. The van der Waals surface area contributed by atoms with E-state index >= 15 is 0 Å². The molecule has 6 rings (SSSR count). The Morgan fingerprint density at radius 2 is 1.71 bits per heavy atom. The highest BCUT2D eigenvalue weighted by Crippen LogP contribution is 2.98. The molecule has 0 aromatic heterocycles. The van der Waals surface area contributed by atoms with Gasteiger partial charge in [0.2, 0.25) is 5.91 Å². The van der Waals surface area contributed by atoms with Crippen molar-refractivity contribution in [3.8, 4) is 0 Å². The van der Waals surface area contributed by atoms with Crippen LogP contribution in [0.4, 0.5) is 0 Å². The number of carbonyl (C=O) groups is 1. The van der Waals surface area contributed by atoms with Crippen molar-refractivity contribution in [3.63, 3.8) is 0 Å². The van der Waals surface area contributed by atoms with E-state index in [-0.39, 0.29) is 11.5 Å². The fraction of sp³-hybridized carbons (Fsp3) is 0.941.